The fourth-order valence-corrected chi connectivity index (χ4v) is 3.78. The molecule has 0 bridgehead atoms. The van der Waals surface area contributed by atoms with Crippen LogP contribution in [-0.4, -0.2) is 25.5 Å². The van der Waals surface area contributed by atoms with Crippen molar-refractivity contribution in [1.29, 1.82) is 0 Å². The molecule has 2 aromatic heterocycles. The van der Waals surface area contributed by atoms with E-state index in [0.29, 0.717) is 11.6 Å². The third kappa shape index (κ3) is 4.48. The number of carbonyl (C=O) groups excluding carboxylic acids is 1. The molecule has 0 aliphatic carbocycles. The number of thiazole rings is 1. The predicted molar refractivity (Wildman–Crippen MR) is 87.3 cm³/mol. The Bertz CT molecular complexity index is 666. The highest BCUT2D eigenvalue weighted by molar-refractivity contribution is 7.85. The highest BCUT2D eigenvalue weighted by Crippen LogP contribution is 2.15. The third-order valence-electron chi connectivity index (χ3n) is 3.00. The number of rotatable bonds is 7. The van der Waals surface area contributed by atoms with Gasteiger partial charge in [-0.05, 0) is 26.7 Å². The Morgan fingerprint density at radius 2 is 2.32 bits per heavy atom. The Labute approximate surface area is 135 Å². The van der Waals surface area contributed by atoms with Crippen molar-refractivity contribution in [3.63, 3.8) is 0 Å². The topological polar surface area (TPSA) is 85.1 Å². The van der Waals surface area contributed by atoms with Crippen LogP contribution in [0.1, 0.15) is 36.7 Å². The van der Waals surface area contributed by atoms with E-state index in [1.165, 1.54) is 0 Å². The van der Waals surface area contributed by atoms with Crippen molar-refractivity contribution in [2.75, 3.05) is 5.32 Å². The highest BCUT2D eigenvalue weighted by atomic mass is 32.2. The van der Waals surface area contributed by atoms with Crippen molar-refractivity contribution < 1.29 is 13.5 Å². The number of amides is 1. The Hall–Kier alpha value is -1.54. The lowest BCUT2D eigenvalue weighted by atomic mass is 10.3. The summed E-state index contributed by atoms with van der Waals surface area (Å²) in [5.74, 6) is 0.892. The van der Waals surface area contributed by atoms with Crippen LogP contribution in [0.3, 0.4) is 0 Å². The summed E-state index contributed by atoms with van der Waals surface area (Å²) in [4.78, 5) is 16.5. The predicted octanol–water partition coefficient (Wildman–Crippen LogP) is 2.67. The van der Waals surface area contributed by atoms with Gasteiger partial charge in [-0.25, -0.2) is 4.98 Å². The molecule has 1 N–H and O–H groups in total. The van der Waals surface area contributed by atoms with Gasteiger partial charge >= 0.3 is 0 Å². The molecule has 0 unspecified atom stereocenters. The minimum Gasteiger partial charge on any atom is -0.360 e. The first-order chi connectivity index (χ1) is 10.5. The zero-order chi connectivity index (χ0) is 16.1. The van der Waals surface area contributed by atoms with E-state index in [4.69, 9.17) is 4.52 Å². The number of hydrogen-bond acceptors (Lipinski definition) is 6. The lowest BCUT2D eigenvalue weighted by molar-refractivity contribution is -0.115. The third-order valence-corrected chi connectivity index (χ3v) is 5.54. The molecule has 2 rings (SSSR count). The van der Waals surface area contributed by atoms with E-state index >= 15 is 0 Å². The molecule has 0 saturated carbocycles. The molecule has 0 radical (unpaired) electrons. The zero-order valence-corrected chi connectivity index (χ0v) is 14.4. The molecule has 0 aliphatic rings. The Balaban J connectivity index is 1.91. The summed E-state index contributed by atoms with van der Waals surface area (Å²) in [5, 5.41) is 8.60. The lowest BCUT2D eigenvalue weighted by Crippen LogP contribution is -2.29. The summed E-state index contributed by atoms with van der Waals surface area (Å²) >= 11 is 1.57. The van der Waals surface area contributed by atoms with Crippen LogP contribution in [0.5, 0.6) is 0 Å². The Kier molecular flexibility index (Phi) is 5.84. The summed E-state index contributed by atoms with van der Waals surface area (Å²) in [6.07, 6.45) is 1.96. The highest BCUT2D eigenvalue weighted by Gasteiger charge is 2.22. The van der Waals surface area contributed by atoms with Crippen LogP contribution in [0.4, 0.5) is 5.82 Å². The van der Waals surface area contributed by atoms with Gasteiger partial charge in [0.15, 0.2) is 5.82 Å². The fraction of sp³-hybridized carbons (Fsp3) is 0.500. The van der Waals surface area contributed by atoms with Crippen LogP contribution in [0, 0.1) is 6.92 Å². The van der Waals surface area contributed by atoms with Gasteiger partial charge < -0.3 is 9.84 Å². The fourth-order valence-electron chi connectivity index (χ4n) is 1.79. The van der Waals surface area contributed by atoms with E-state index in [9.17, 15) is 9.00 Å². The molecule has 0 saturated heterocycles. The molecule has 0 fully saturated rings. The van der Waals surface area contributed by atoms with Crippen molar-refractivity contribution >= 4 is 33.9 Å². The van der Waals surface area contributed by atoms with Crippen molar-refractivity contribution in [2.45, 2.75) is 44.6 Å². The van der Waals surface area contributed by atoms with Gasteiger partial charge in [0, 0.05) is 22.2 Å². The molecule has 22 heavy (non-hydrogen) atoms. The second-order valence-electron chi connectivity index (χ2n) is 4.96. The van der Waals surface area contributed by atoms with Crippen LogP contribution < -0.4 is 5.32 Å². The standard InChI is InChI=1S/C14H19N3O3S2/c1-4-5-13-15-11(7-21-13)8-22(19)10(3)14(18)16-12-6-9(2)20-17-12/h6-7,10H,4-5,8H2,1-3H3,(H,16,17,18)/t10-,22+/m1/s1. The summed E-state index contributed by atoms with van der Waals surface area (Å²) < 4.78 is 17.2. The molecule has 120 valence electrons. The lowest BCUT2D eigenvalue weighted by Gasteiger charge is -2.09. The molecule has 2 heterocycles. The molecular weight excluding hydrogens is 322 g/mol. The summed E-state index contributed by atoms with van der Waals surface area (Å²) in [6.45, 7) is 5.47. The van der Waals surface area contributed by atoms with Crippen LogP contribution in [0.25, 0.3) is 0 Å². The molecule has 0 aromatic carbocycles. The minimum absolute atomic E-state index is 0.284. The molecule has 2 atom stereocenters. The van der Waals surface area contributed by atoms with Gasteiger partial charge in [0.25, 0.3) is 0 Å². The first kappa shape index (κ1) is 16.8. The second-order valence-corrected chi connectivity index (χ2v) is 7.66. The molecule has 0 spiro atoms. The van der Waals surface area contributed by atoms with Crippen LogP contribution >= 0.6 is 11.3 Å². The summed E-state index contributed by atoms with van der Waals surface area (Å²) in [5.41, 5.74) is 0.781. The number of anilines is 1. The van der Waals surface area contributed by atoms with Gasteiger partial charge in [0.05, 0.1) is 16.5 Å². The maximum Gasteiger partial charge on any atom is 0.241 e. The molecule has 1 amide bonds. The molecular formula is C14H19N3O3S2. The van der Waals surface area contributed by atoms with Crippen LogP contribution in [0.2, 0.25) is 0 Å². The van der Waals surface area contributed by atoms with Gasteiger partial charge in [0.2, 0.25) is 5.91 Å². The Morgan fingerprint density at radius 3 is 2.95 bits per heavy atom. The van der Waals surface area contributed by atoms with Crippen LogP contribution in [-0.2, 0) is 27.8 Å². The molecule has 6 nitrogen and oxygen atoms in total. The molecule has 0 aliphatic heterocycles. The normalized spacial score (nSPS) is 13.8. The second kappa shape index (κ2) is 7.64. The first-order valence-electron chi connectivity index (χ1n) is 7.04. The first-order valence-corrected chi connectivity index (χ1v) is 9.30. The van der Waals surface area contributed by atoms with E-state index in [1.807, 2.05) is 5.38 Å². The molecule has 8 heteroatoms. The van der Waals surface area contributed by atoms with Gasteiger partial charge in [0.1, 0.15) is 11.0 Å². The maximum atomic E-state index is 12.3. The quantitative estimate of drug-likeness (QED) is 0.837. The number of nitrogens with zero attached hydrogens (tertiary/aromatic N) is 2. The number of aryl methyl sites for hydroxylation is 2. The average molecular weight is 341 g/mol. The Morgan fingerprint density at radius 1 is 1.55 bits per heavy atom. The number of hydrogen-bond donors (Lipinski definition) is 1. The SMILES string of the molecule is CCCc1nc(C[S@](=O)[C@H](C)C(=O)Nc2cc(C)on2)cs1. The monoisotopic (exact) mass is 341 g/mol. The summed E-state index contributed by atoms with van der Waals surface area (Å²) in [6, 6.07) is 1.62. The smallest absolute Gasteiger partial charge is 0.241 e. The average Bonchev–Trinajstić information content (AvgIpc) is 3.07. The van der Waals surface area contributed by atoms with Crippen molar-refractivity contribution in [2.24, 2.45) is 0 Å². The number of nitrogens with one attached hydrogen (secondary N) is 1. The van der Waals surface area contributed by atoms with Gasteiger partial charge in [-0.15, -0.1) is 11.3 Å². The maximum absolute atomic E-state index is 12.3. The minimum atomic E-state index is -1.33. The van der Waals surface area contributed by atoms with E-state index < -0.39 is 16.0 Å². The zero-order valence-electron chi connectivity index (χ0n) is 12.8. The van der Waals surface area contributed by atoms with Gasteiger partial charge in [-0.1, -0.05) is 12.1 Å². The van der Waals surface area contributed by atoms with Gasteiger partial charge in [-0.3, -0.25) is 9.00 Å². The largest absolute Gasteiger partial charge is 0.360 e. The van der Waals surface area contributed by atoms with E-state index in [0.717, 1.165) is 23.5 Å². The van der Waals surface area contributed by atoms with Crippen LogP contribution in [0.15, 0.2) is 16.0 Å². The van der Waals surface area contributed by atoms with Gasteiger partial charge in [-0.2, -0.15) is 0 Å². The number of aromatic nitrogens is 2. The van der Waals surface area contributed by atoms with Crippen molar-refractivity contribution in [3.05, 3.63) is 27.9 Å². The van der Waals surface area contributed by atoms with Crippen molar-refractivity contribution in [1.82, 2.24) is 10.1 Å². The van der Waals surface area contributed by atoms with E-state index in [1.54, 1.807) is 31.3 Å². The number of carbonyl (C=O) groups is 1. The summed E-state index contributed by atoms with van der Waals surface area (Å²) in [7, 11) is -1.33. The van der Waals surface area contributed by atoms with E-state index in [-0.39, 0.29) is 11.7 Å². The van der Waals surface area contributed by atoms with E-state index in [2.05, 4.69) is 22.4 Å². The van der Waals surface area contributed by atoms with Crippen molar-refractivity contribution in [3.8, 4) is 0 Å². The molecule has 2 aromatic rings.